The Hall–Kier alpha value is -2.74. The molecule has 0 aliphatic carbocycles. The van der Waals surface area contributed by atoms with Gasteiger partial charge in [0, 0.05) is 11.4 Å². The number of ether oxygens (including phenoxy) is 1. The lowest BCUT2D eigenvalue weighted by Gasteiger charge is -2.10. The topological polar surface area (TPSA) is 84.5 Å². The van der Waals surface area contributed by atoms with E-state index in [2.05, 4.69) is 10.6 Å². The molecule has 6 nitrogen and oxygen atoms in total. The van der Waals surface area contributed by atoms with Crippen LogP contribution < -0.4 is 15.4 Å². The molecule has 0 atom stereocenters. The number of carbonyl (C=O) groups is 1. The summed E-state index contributed by atoms with van der Waals surface area (Å²) >= 11 is 11.8. The second kappa shape index (κ2) is 9.38. The predicted octanol–water partition coefficient (Wildman–Crippen LogP) is 5.62. The average Bonchev–Trinajstić information content (AvgIpc) is 2.71. The number of methoxy groups -OCH3 is 1. The zero-order valence-electron chi connectivity index (χ0n) is 15.9. The van der Waals surface area contributed by atoms with Crippen LogP contribution >= 0.6 is 23.2 Å². The summed E-state index contributed by atoms with van der Waals surface area (Å²) in [5, 5.41) is 5.94. The maximum atomic E-state index is 12.8. The average molecular weight is 465 g/mol. The van der Waals surface area contributed by atoms with Crippen molar-refractivity contribution in [3.05, 3.63) is 82.3 Å². The van der Waals surface area contributed by atoms with Gasteiger partial charge in [-0.05, 0) is 60.2 Å². The molecule has 0 spiro atoms. The van der Waals surface area contributed by atoms with E-state index in [-0.39, 0.29) is 15.7 Å². The van der Waals surface area contributed by atoms with Gasteiger partial charge in [-0.25, -0.2) is 13.2 Å². The number of hydrogen-bond acceptors (Lipinski definition) is 4. The van der Waals surface area contributed by atoms with Crippen LogP contribution in [-0.2, 0) is 15.6 Å². The summed E-state index contributed by atoms with van der Waals surface area (Å²) in [6.07, 6.45) is 0. The van der Waals surface area contributed by atoms with Gasteiger partial charge in [-0.1, -0.05) is 35.3 Å². The quantitative estimate of drug-likeness (QED) is 0.495. The summed E-state index contributed by atoms with van der Waals surface area (Å²) in [6, 6.07) is 17.0. The van der Waals surface area contributed by atoms with Gasteiger partial charge in [0.25, 0.3) is 0 Å². The number of rotatable bonds is 6. The molecule has 2 N–H and O–H groups in total. The highest BCUT2D eigenvalue weighted by Gasteiger charge is 2.17. The van der Waals surface area contributed by atoms with E-state index < -0.39 is 15.9 Å². The van der Waals surface area contributed by atoms with Crippen LogP contribution in [0.1, 0.15) is 5.56 Å². The number of sulfone groups is 1. The van der Waals surface area contributed by atoms with E-state index >= 15 is 0 Å². The van der Waals surface area contributed by atoms with Gasteiger partial charge in [0.2, 0.25) is 0 Å². The van der Waals surface area contributed by atoms with Crippen molar-refractivity contribution in [2.45, 2.75) is 10.6 Å². The number of benzene rings is 3. The molecule has 3 rings (SSSR count). The molecule has 9 heteroatoms. The lowest BCUT2D eigenvalue weighted by Crippen LogP contribution is -2.19. The highest BCUT2D eigenvalue weighted by Crippen LogP contribution is 2.26. The minimum absolute atomic E-state index is 0.0795. The first-order chi connectivity index (χ1) is 14.3. The molecule has 2 amide bonds. The Labute approximate surface area is 184 Å². The molecule has 0 saturated heterocycles. The van der Waals surface area contributed by atoms with Crippen molar-refractivity contribution in [3.63, 3.8) is 0 Å². The van der Waals surface area contributed by atoms with Crippen LogP contribution in [0.25, 0.3) is 0 Å². The van der Waals surface area contributed by atoms with Gasteiger partial charge in [0.05, 0.1) is 27.8 Å². The molecule has 0 aliphatic heterocycles. The molecule has 0 aromatic heterocycles. The highest BCUT2D eigenvalue weighted by atomic mass is 35.5. The Morgan fingerprint density at radius 3 is 2.27 bits per heavy atom. The molecule has 30 heavy (non-hydrogen) atoms. The van der Waals surface area contributed by atoms with Gasteiger partial charge in [-0.3, -0.25) is 0 Å². The van der Waals surface area contributed by atoms with Gasteiger partial charge in [0.15, 0.2) is 9.84 Å². The molecule has 0 aliphatic rings. The predicted molar refractivity (Wildman–Crippen MR) is 119 cm³/mol. The normalized spacial score (nSPS) is 11.0. The van der Waals surface area contributed by atoms with E-state index in [1.54, 1.807) is 55.6 Å². The van der Waals surface area contributed by atoms with Gasteiger partial charge >= 0.3 is 6.03 Å². The number of nitrogens with one attached hydrogen (secondary N) is 2. The molecule has 3 aromatic carbocycles. The van der Waals surface area contributed by atoms with Crippen LogP contribution in [0.4, 0.5) is 16.2 Å². The molecule has 0 radical (unpaired) electrons. The third-order valence-corrected chi connectivity index (χ3v) is 6.56. The summed E-state index contributed by atoms with van der Waals surface area (Å²) in [7, 11) is -2.10. The molecule has 0 bridgehead atoms. The molecule has 156 valence electrons. The second-order valence-corrected chi connectivity index (χ2v) is 9.15. The summed E-state index contributed by atoms with van der Waals surface area (Å²) in [5.41, 5.74) is 1.42. The molecular weight excluding hydrogens is 447 g/mol. The van der Waals surface area contributed by atoms with Crippen LogP contribution in [0.15, 0.2) is 71.6 Å². The number of urea groups is 1. The largest absolute Gasteiger partial charge is 0.497 e. The monoisotopic (exact) mass is 464 g/mol. The van der Waals surface area contributed by atoms with Gasteiger partial charge in [-0.15, -0.1) is 0 Å². The number of anilines is 2. The molecule has 0 heterocycles. The minimum atomic E-state index is -3.66. The fourth-order valence-electron chi connectivity index (χ4n) is 2.67. The SMILES string of the molecule is COc1ccc(NC(=O)Nc2cccc(S(=O)(=O)Cc3ccc(Cl)c(Cl)c3)c2)cc1. The standard InChI is InChI=1S/C21H18Cl2N2O4S/c1-29-17-8-6-15(7-9-17)24-21(26)25-16-3-2-4-18(12-16)30(27,28)13-14-5-10-19(22)20(23)11-14/h2-12H,13H2,1H3,(H2,24,25,26). The van der Waals surface area contributed by atoms with Gasteiger partial charge in [-0.2, -0.15) is 0 Å². The third kappa shape index (κ3) is 5.66. The molecule has 3 aromatic rings. The summed E-state index contributed by atoms with van der Waals surface area (Å²) in [5.74, 6) is 0.423. The van der Waals surface area contributed by atoms with Crippen molar-refractivity contribution >= 4 is 50.4 Å². The zero-order chi connectivity index (χ0) is 21.7. The Bertz CT molecular complexity index is 1170. The summed E-state index contributed by atoms with van der Waals surface area (Å²) < 4.78 is 30.6. The summed E-state index contributed by atoms with van der Waals surface area (Å²) in [6.45, 7) is 0. The lowest BCUT2D eigenvalue weighted by atomic mass is 10.2. The van der Waals surface area contributed by atoms with Crippen molar-refractivity contribution in [1.29, 1.82) is 0 Å². The second-order valence-electron chi connectivity index (χ2n) is 6.34. The van der Waals surface area contributed by atoms with E-state index in [0.717, 1.165) is 0 Å². The van der Waals surface area contributed by atoms with Gasteiger partial charge < -0.3 is 15.4 Å². The highest BCUT2D eigenvalue weighted by molar-refractivity contribution is 7.90. The number of halogens is 2. The van der Waals surface area contributed by atoms with E-state index in [0.29, 0.717) is 27.7 Å². The van der Waals surface area contributed by atoms with E-state index in [1.807, 2.05) is 0 Å². The van der Waals surface area contributed by atoms with Crippen LogP contribution in [-0.4, -0.2) is 21.6 Å². The van der Waals surface area contributed by atoms with Crippen molar-refractivity contribution in [2.24, 2.45) is 0 Å². The fourth-order valence-corrected chi connectivity index (χ4v) is 4.37. The van der Waals surface area contributed by atoms with E-state index in [9.17, 15) is 13.2 Å². The smallest absolute Gasteiger partial charge is 0.323 e. The third-order valence-electron chi connectivity index (χ3n) is 4.14. The number of hydrogen-bond donors (Lipinski definition) is 2. The van der Waals surface area contributed by atoms with Gasteiger partial charge in [0.1, 0.15) is 5.75 Å². The van der Waals surface area contributed by atoms with E-state index in [1.165, 1.54) is 18.2 Å². The Balaban J connectivity index is 1.71. The molecular formula is C21H18Cl2N2O4S. The first-order valence-electron chi connectivity index (χ1n) is 8.75. The van der Waals surface area contributed by atoms with Crippen molar-refractivity contribution < 1.29 is 17.9 Å². The van der Waals surface area contributed by atoms with Crippen molar-refractivity contribution in [3.8, 4) is 5.75 Å². The van der Waals surface area contributed by atoms with Crippen LogP contribution in [0.5, 0.6) is 5.75 Å². The molecule has 0 unspecified atom stereocenters. The first-order valence-corrected chi connectivity index (χ1v) is 11.2. The number of carbonyl (C=O) groups excluding carboxylic acids is 1. The summed E-state index contributed by atoms with van der Waals surface area (Å²) in [4.78, 5) is 12.3. The molecule has 0 fully saturated rings. The maximum Gasteiger partial charge on any atom is 0.323 e. The number of amides is 2. The zero-order valence-corrected chi connectivity index (χ0v) is 18.2. The van der Waals surface area contributed by atoms with Crippen LogP contribution in [0, 0.1) is 0 Å². The van der Waals surface area contributed by atoms with Crippen molar-refractivity contribution in [1.82, 2.24) is 0 Å². The molecule has 0 saturated carbocycles. The fraction of sp³-hybridized carbons (Fsp3) is 0.0952. The van der Waals surface area contributed by atoms with Crippen LogP contribution in [0.2, 0.25) is 10.0 Å². The first kappa shape index (κ1) is 22.0. The minimum Gasteiger partial charge on any atom is -0.497 e. The Morgan fingerprint density at radius 2 is 1.60 bits per heavy atom. The lowest BCUT2D eigenvalue weighted by molar-refractivity contribution is 0.262. The van der Waals surface area contributed by atoms with E-state index in [4.69, 9.17) is 27.9 Å². The van der Waals surface area contributed by atoms with Crippen LogP contribution in [0.3, 0.4) is 0 Å². The van der Waals surface area contributed by atoms with Crippen molar-refractivity contribution in [2.75, 3.05) is 17.7 Å². The Kier molecular flexibility index (Phi) is 6.87. The maximum absolute atomic E-state index is 12.8. The Morgan fingerprint density at radius 1 is 0.900 bits per heavy atom.